The molecule has 3 nitrogen and oxygen atoms in total. The first-order chi connectivity index (χ1) is 9.74. The van der Waals surface area contributed by atoms with Crippen LogP contribution in [0.5, 0.6) is 5.75 Å². The van der Waals surface area contributed by atoms with Gasteiger partial charge in [0.25, 0.3) is 0 Å². The molecule has 0 spiro atoms. The van der Waals surface area contributed by atoms with Gasteiger partial charge in [-0.05, 0) is 43.7 Å². The molecule has 0 saturated heterocycles. The fourth-order valence-corrected chi connectivity index (χ4v) is 3.73. The lowest BCUT2D eigenvalue weighted by Gasteiger charge is -2.24. The number of hydrogen-bond acceptors (Lipinski definition) is 4. The topological polar surface area (TPSA) is 45.0 Å². The Morgan fingerprint density at radius 2 is 2.15 bits per heavy atom. The van der Waals surface area contributed by atoms with Crippen LogP contribution in [0.3, 0.4) is 0 Å². The third-order valence-corrected chi connectivity index (χ3v) is 5.07. The molecule has 1 aromatic carbocycles. The van der Waals surface area contributed by atoms with E-state index in [0.29, 0.717) is 12.1 Å². The van der Waals surface area contributed by atoms with Gasteiger partial charge in [-0.1, -0.05) is 18.6 Å². The van der Waals surface area contributed by atoms with E-state index in [1.165, 1.54) is 24.8 Å². The highest BCUT2D eigenvalue weighted by atomic mass is 32.2. The lowest BCUT2D eigenvalue weighted by Crippen LogP contribution is -2.35. The molecule has 1 aromatic rings. The standard InChI is InChI=1S/C16H22N2OS/c1-12(18-15-4-3-5-16(15)20-2)13-6-8-14(9-7-13)19-11-10-17/h6-9,12,15-16,18H,3-5,11H2,1-2H3. The van der Waals surface area contributed by atoms with E-state index >= 15 is 0 Å². The van der Waals surface area contributed by atoms with Gasteiger partial charge in [0.05, 0.1) is 0 Å². The molecule has 1 aliphatic carbocycles. The molecule has 0 aliphatic heterocycles. The number of nitrogens with one attached hydrogen (secondary N) is 1. The molecule has 1 saturated carbocycles. The van der Waals surface area contributed by atoms with Crippen molar-refractivity contribution in [1.29, 1.82) is 5.26 Å². The highest BCUT2D eigenvalue weighted by Crippen LogP contribution is 2.30. The Hall–Kier alpha value is -1.18. The lowest BCUT2D eigenvalue weighted by atomic mass is 10.1. The van der Waals surface area contributed by atoms with Crippen molar-refractivity contribution in [1.82, 2.24) is 5.32 Å². The number of ether oxygens (including phenoxy) is 1. The van der Waals surface area contributed by atoms with Gasteiger partial charge in [0.15, 0.2) is 6.61 Å². The number of thioether (sulfide) groups is 1. The average Bonchev–Trinajstić information content (AvgIpc) is 2.92. The monoisotopic (exact) mass is 290 g/mol. The summed E-state index contributed by atoms with van der Waals surface area (Å²) in [6.07, 6.45) is 6.14. The minimum atomic E-state index is 0.102. The molecular weight excluding hydrogens is 268 g/mol. The van der Waals surface area contributed by atoms with E-state index in [9.17, 15) is 0 Å². The SMILES string of the molecule is CSC1CCCC1NC(C)c1ccc(OCC#N)cc1. The Kier molecular flexibility index (Phi) is 5.75. The van der Waals surface area contributed by atoms with Gasteiger partial charge in [0.1, 0.15) is 11.8 Å². The molecule has 3 atom stereocenters. The summed E-state index contributed by atoms with van der Waals surface area (Å²) in [6, 6.07) is 11.0. The Labute approximate surface area is 125 Å². The van der Waals surface area contributed by atoms with E-state index in [1.54, 1.807) is 0 Å². The van der Waals surface area contributed by atoms with E-state index in [2.05, 4.69) is 30.6 Å². The number of rotatable bonds is 6. The largest absolute Gasteiger partial charge is 0.479 e. The Morgan fingerprint density at radius 3 is 2.80 bits per heavy atom. The average molecular weight is 290 g/mol. The van der Waals surface area contributed by atoms with E-state index < -0.39 is 0 Å². The van der Waals surface area contributed by atoms with E-state index in [0.717, 1.165) is 11.0 Å². The molecule has 3 unspecified atom stereocenters. The van der Waals surface area contributed by atoms with Crippen LogP contribution < -0.4 is 10.1 Å². The molecule has 4 heteroatoms. The fourth-order valence-electron chi connectivity index (χ4n) is 2.78. The molecular formula is C16H22N2OS. The van der Waals surface area contributed by atoms with Gasteiger partial charge in [0.2, 0.25) is 0 Å². The Balaban J connectivity index is 1.92. The summed E-state index contributed by atoms with van der Waals surface area (Å²) in [5, 5.41) is 13.0. The molecule has 1 aliphatic rings. The Bertz CT molecular complexity index is 455. The minimum Gasteiger partial charge on any atom is -0.479 e. The summed E-state index contributed by atoms with van der Waals surface area (Å²) >= 11 is 1.98. The summed E-state index contributed by atoms with van der Waals surface area (Å²) in [5.41, 5.74) is 1.26. The second kappa shape index (κ2) is 7.56. The third-order valence-electron chi connectivity index (χ3n) is 3.90. The second-order valence-electron chi connectivity index (χ2n) is 5.22. The number of hydrogen-bond donors (Lipinski definition) is 1. The molecule has 0 aromatic heterocycles. The van der Waals surface area contributed by atoms with Crippen molar-refractivity contribution in [2.45, 2.75) is 43.5 Å². The number of nitriles is 1. The van der Waals surface area contributed by atoms with Crippen molar-refractivity contribution in [3.63, 3.8) is 0 Å². The van der Waals surface area contributed by atoms with Crippen molar-refractivity contribution in [3.05, 3.63) is 29.8 Å². The Morgan fingerprint density at radius 1 is 1.40 bits per heavy atom. The summed E-state index contributed by atoms with van der Waals surface area (Å²) in [7, 11) is 0. The molecule has 0 amide bonds. The van der Waals surface area contributed by atoms with Crippen LogP contribution in [0.1, 0.15) is 37.8 Å². The number of nitrogens with zero attached hydrogens (tertiary/aromatic N) is 1. The predicted molar refractivity (Wildman–Crippen MR) is 84.0 cm³/mol. The number of benzene rings is 1. The summed E-state index contributed by atoms with van der Waals surface area (Å²) in [6.45, 7) is 2.31. The van der Waals surface area contributed by atoms with Crippen molar-refractivity contribution in [3.8, 4) is 11.8 Å². The quantitative estimate of drug-likeness (QED) is 0.870. The zero-order valence-corrected chi connectivity index (χ0v) is 13.0. The first kappa shape index (κ1) is 15.2. The molecule has 1 fully saturated rings. The summed E-state index contributed by atoms with van der Waals surface area (Å²) in [5.74, 6) is 0.755. The van der Waals surface area contributed by atoms with Crippen LogP contribution in [0.15, 0.2) is 24.3 Å². The van der Waals surface area contributed by atoms with E-state index in [1.807, 2.05) is 30.0 Å². The lowest BCUT2D eigenvalue weighted by molar-refractivity contribution is 0.368. The normalized spacial score (nSPS) is 23.2. The van der Waals surface area contributed by atoms with Crippen molar-refractivity contribution in [2.24, 2.45) is 0 Å². The molecule has 2 rings (SSSR count). The molecule has 0 heterocycles. The van der Waals surface area contributed by atoms with Crippen LogP contribution >= 0.6 is 11.8 Å². The van der Waals surface area contributed by atoms with Crippen LogP contribution in [0.2, 0.25) is 0 Å². The molecule has 0 bridgehead atoms. The van der Waals surface area contributed by atoms with Gasteiger partial charge >= 0.3 is 0 Å². The maximum atomic E-state index is 8.49. The van der Waals surface area contributed by atoms with E-state index in [-0.39, 0.29) is 6.61 Å². The molecule has 0 radical (unpaired) electrons. The molecule has 1 N–H and O–H groups in total. The van der Waals surface area contributed by atoms with Crippen LogP contribution in [0.25, 0.3) is 0 Å². The molecule has 20 heavy (non-hydrogen) atoms. The maximum Gasteiger partial charge on any atom is 0.174 e. The van der Waals surface area contributed by atoms with Crippen molar-refractivity contribution in [2.75, 3.05) is 12.9 Å². The second-order valence-corrected chi connectivity index (χ2v) is 6.29. The van der Waals surface area contributed by atoms with Crippen LogP contribution in [-0.4, -0.2) is 24.2 Å². The first-order valence-corrected chi connectivity index (χ1v) is 8.42. The minimum absolute atomic E-state index is 0.102. The van der Waals surface area contributed by atoms with Gasteiger partial charge in [-0.3, -0.25) is 0 Å². The van der Waals surface area contributed by atoms with Crippen LogP contribution in [0, 0.1) is 11.3 Å². The summed E-state index contributed by atoms with van der Waals surface area (Å²) < 4.78 is 5.27. The maximum absolute atomic E-state index is 8.49. The van der Waals surface area contributed by atoms with Gasteiger partial charge in [0, 0.05) is 17.3 Å². The zero-order chi connectivity index (χ0) is 14.4. The van der Waals surface area contributed by atoms with Crippen LogP contribution in [-0.2, 0) is 0 Å². The predicted octanol–water partition coefficient (Wildman–Crippen LogP) is 3.52. The van der Waals surface area contributed by atoms with Crippen LogP contribution in [0.4, 0.5) is 0 Å². The molecule has 108 valence electrons. The van der Waals surface area contributed by atoms with Gasteiger partial charge in [-0.2, -0.15) is 17.0 Å². The highest BCUT2D eigenvalue weighted by molar-refractivity contribution is 7.99. The van der Waals surface area contributed by atoms with Crippen molar-refractivity contribution < 1.29 is 4.74 Å². The fraction of sp³-hybridized carbons (Fsp3) is 0.562. The zero-order valence-electron chi connectivity index (χ0n) is 12.1. The van der Waals surface area contributed by atoms with Gasteiger partial charge < -0.3 is 10.1 Å². The smallest absolute Gasteiger partial charge is 0.174 e. The van der Waals surface area contributed by atoms with Gasteiger partial charge in [-0.25, -0.2) is 0 Å². The van der Waals surface area contributed by atoms with E-state index in [4.69, 9.17) is 10.00 Å². The first-order valence-electron chi connectivity index (χ1n) is 7.13. The summed E-state index contributed by atoms with van der Waals surface area (Å²) in [4.78, 5) is 0. The highest BCUT2D eigenvalue weighted by Gasteiger charge is 2.27. The van der Waals surface area contributed by atoms with Crippen molar-refractivity contribution >= 4 is 11.8 Å². The van der Waals surface area contributed by atoms with Gasteiger partial charge in [-0.15, -0.1) is 0 Å². The third kappa shape index (κ3) is 3.91.